The Morgan fingerprint density at radius 2 is 1.72 bits per heavy atom. The summed E-state index contributed by atoms with van der Waals surface area (Å²) in [6, 6.07) is 5.31. The summed E-state index contributed by atoms with van der Waals surface area (Å²) in [5.41, 5.74) is 1.22. The number of ether oxygens (including phenoxy) is 2. The predicted octanol–water partition coefficient (Wildman–Crippen LogP) is 5.91. The predicted molar refractivity (Wildman–Crippen MR) is 97.1 cm³/mol. The van der Waals surface area contributed by atoms with Crippen LogP contribution in [0.2, 0.25) is 0 Å². The number of rotatable bonds is 6. The van der Waals surface area contributed by atoms with E-state index in [4.69, 9.17) is 9.47 Å². The monoisotopic (exact) mass is 346 g/mol. The van der Waals surface area contributed by atoms with Gasteiger partial charge in [0.05, 0.1) is 0 Å². The maximum atomic E-state index is 14.4. The van der Waals surface area contributed by atoms with Gasteiger partial charge in [-0.2, -0.15) is 0 Å². The summed E-state index contributed by atoms with van der Waals surface area (Å²) in [5, 5.41) is 0. The minimum atomic E-state index is -0.331. The lowest BCUT2D eigenvalue weighted by molar-refractivity contribution is -0.204. The molecular formula is C22H31FO2. The molecule has 3 heteroatoms. The van der Waals surface area contributed by atoms with Crippen molar-refractivity contribution < 1.29 is 13.9 Å². The molecule has 4 bridgehead atoms. The van der Waals surface area contributed by atoms with Gasteiger partial charge in [-0.1, -0.05) is 19.9 Å². The van der Waals surface area contributed by atoms with Crippen molar-refractivity contribution in [3.05, 3.63) is 29.6 Å². The zero-order valence-electron chi connectivity index (χ0n) is 15.8. The standard InChI is InChI=1S/C22H31FO2/c1-4-14(2)18-5-6-19(23)20(10-18)25-21(24-3)22-11-15-7-16(12-22)9-17(8-15)13-22/h5-6,10,14-17,21H,4,7-9,11-13H2,1-3H3. The fourth-order valence-electron chi connectivity index (χ4n) is 6.16. The van der Waals surface area contributed by atoms with Crippen LogP contribution >= 0.6 is 0 Å². The number of hydrogen-bond donors (Lipinski definition) is 0. The van der Waals surface area contributed by atoms with Gasteiger partial charge in [-0.15, -0.1) is 0 Å². The summed E-state index contributed by atoms with van der Waals surface area (Å²) >= 11 is 0. The van der Waals surface area contributed by atoms with E-state index in [1.807, 2.05) is 12.1 Å². The quantitative estimate of drug-likeness (QED) is 0.596. The minimum absolute atomic E-state index is 0.0856. The molecule has 25 heavy (non-hydrogen) atoms. The van der Waals surface area contributed by atoms with Gasteiger partial charge >= 0.3 is 0 Å². The lowest BCUT2D eigenvalue weighted by Gasteiger charge is -2.58. The van der Waals surface area contributed by atoms with E-state index < -0.39 is 0 Å². The smallest absolute Gasteiger partial charge is 0.205 e. The molecule has 5 rings (SSSR count). The summed E-state index contributed by atoms with van der Waals surface area (Å²) in [6.07, 6.45) is 8.41. The summed E-state index contributed by atoms with van der Waals surface area (Å²) in [5.74, 6) is 2.96. The molecule has 1 aromatic rings. The van der Waals surface area contributed by atoms with Gasteiger partial charge in [0.25, 0.3) is 0 Å². The molecule has 0 radical (unpaired) electrons. The van der Waals surface area contributed by atoms with E-state index >= 15 is 0 Å². The average Bonchev–Trinajstić information content (AvgIpc) is 2.59. The van der Waals surface area contributed by atoms with Crippen LogP contribution in [-0.4, -0.2) is 13.4 Å². The molecule has 4 aliphatic rings. The molecule has 2 unspecified atom stereocenters. The first-order valence-electron chi connectivity index (χ1n) is 10.0. The van der Waals surface area contributed by atoms with Crippen molar-refractivity contribution in [1.29, 1.82) is 0 Å². The fourth-order valence-corrected chi connectivity index (χ4v) is 6.16. The number of halogens is 1. The van der Waals surface area contributed by atoms with Crippen molar-refractivity contribution in [2.75, 3.05) is 7.11 Å². The largest absolute Gasteiger partial charge is 0.461 e. The molecule has 1 aromatic carbocycles. The van der Waals surface area contributed by atoms with Crippen LogP contribution in [0.4, 0.5) is 4.39 Å². The van der Waals surface area contributed by atoms with Gasteiger partial charge in [-0.3, -0.25) is 0 Å². The summed E-state index contributed by atoms with van der Waals surface area (Å²) in [4.78, 5) is 0. The summed E-state index contributed by atoms with van der Waals surface area (Å²) in [7, 11) is 1.72. The molecule has 0 N–H and O–H groups in total. The van der Waals surface area contributed by atoms with E-state index in [2.05, 4.69) is 13.8 Å². The van der Waals surface area contributed by atoms with Crippen LogP contribution in [0.3, 0.4) is 0 Å². The van der Waals surface area contributed by atoms with E-state index in [1.165, 1.54) is 38.5 Å². The molecule has 0 spiro atoms. The molecule has 138 valence electrons. The Morgan fingerprint density at radius 1 is 1.12 bits per heavy atom. The maximum Gasteiger partial charge on any atom is 0.205 e. The van der Waals surface area contributed by atoms with Crippen LogP contribution in [0, 0.1) is 29.0 Å². The number of benzene rings is 1. The van der Waals surface area contributed by atoms with Crippen molar-refractivity contribution in [3.63, 3.8) is 0 Å². The molecule has 0 saturated heterocycles. The van der Waals surface area contributed by atoms with Gasteiger partial charge in [0, 0.05) is 12.5 Å². The molecule has 2 nitrogen and oxygen atoms in total. The van der Waals surface area contributed by atoms with Gasteiger partial charge in [0.2, 0.25) is 6.29 Å². The van der Waals surface area contributed by atoms with E-state index in [0.717, 1.165) is 29.7 Å². The second-order valence-corrected chi connectivity index (χ2v) is 8.96. The molecule has 0 aliphatic heterocycles. The van der Waals surface area contributed by atoms with E-state index in [9.17, 15) is 4.39 Å². The van der Waals surface area contributed by atoms with E-state index in [-0.39, 0.29) is 17.5 Å². The second kappa shape index (κ2) is 6.57. The Kier molecular flexibility index (Phi) is 4.56. The SMILES string of the molecule is CCC(C)c1ccc(F)c(OC(OC)C23CC4CC(CC(C4)C2)C3)c1. The topological polar surface area (TPSA) is 18.5 Å². The maximum absolute atomic E-state index is 14.4. The molecule has 0 heterocycles. The number of methoxy groups -OCH3 is 1. The normalized spacial score (nSPS) is 35.6. The first-order valence-corrected chi connectivity index (χ1v) is 10.0. The molecule has 2 atom stereocenters. The van der Waals surface area contributed by atoms with Gasteiger partial charge in [-0.05, 0) is 86.3 Å². The van der Waals surface area contributed by atoms with Crippen LogP contribution in [0.15, 0.2) is 18.2 Å². The Balaban J connectivity index is 1.58. The lowest BCUT2D eigenvalue weighted by atomic mass is 9.49. The van der Waals surface area contributed by atoms with E-state index in [0.29, 0.717) is 11.7 Å². The fraction of sp³-hybridized carbons (Fsp3) is 0.727. The third-order valence-corrected chi connectivity index (χ3v) is 7.17. The lowest BCUT2D eigenvalue weighted by Crippen LogP contribution is -2.54. The highest BCUT2D eigenvalue weighted by Crippen LogP contribution is 2.61. The van der Waals surface area contributed by atoms with Crippen LogP contribution in [0.25, 0.3) is 0 Å². The zero-order chi connectivity index (χ0) is 17.6. The van der Waals surface area contributed by atoms with Gasteiger partial charge in [0.15, 0.2) is 11.6 Å². The molecular weight excluding hydrogens is 315 g/mol. The molecule has 4 fully saturated rings. The first-order chi connectivity index (χ1) is 12.0. The van der Waals surface area contributed by atoms with Crippen molar-refractivity contribution in [1.82, 2.24) is 0 Å². The van der Waals surface area contributed by atoms with Crippen LogP contribution in [0.1, 0.15) is 70.3 Å². The highest BCUT2D eigenvalue weighted by atomic mass is 19.1. The Bertz CT molecular complexity index is 591. The van der Waals surface area contributed by atoms with E-state index in [1.54, 1.807) is 13.2 Å². The van der Waals surface area contributed by atoms with Crippen LogP contribution in [-0.2, 0) is 4.74 Å². The van der Waals surface area contributed by atoms with Crippen molar-refractivity contribution in [2.24, 2.45) is 23.2 Å². The first kappa shape index (κ1) is 17.3. The highest BCUT2D eigenvalue weighted by Gasteiger charge is 2.55. The van der Waals surface area contributed by atoms with Crippen molar-refractivity contribution in [3.8, 4) is 5.75 Å². The Hall–Kier alpha value is -1.09. The van der Waals surface area contributed by atoms with Gasteiger partial charge in [0.1, 0.15) is 0 Å². The summed E-state index contributed by atoms with van der Waals surface area (Å²) in [6.45, 7) is 4.33. The zero-order valence-corrected chi connectivity index (χ0v) is 15.8. The third-order valence-electron chi connectivity index (χ3n) is 7.17. The third kappa shape index (κ3) is 3.09. The average molecular weight is 346 g/mol. The summed E-state index contributed by atoms with van der Waals surface area (Å²) < 4.78 is 26.5. The van der Waals surface area contributed by atoms with Crippen LogP contribution < -0.4 is 4.74 Å². The Labute approximate surface area is 151 Å². The Morgan fingerprint density at radius 3 is 2.24 bits per heavy atom. The second-order valence-electron chi connectivity index (χ2n) is 8.96. The molecule has 4 saturated carbocycles. The highest BCUT2D eigenvalue weighted by molar-refractivity contribution is 5.32. The van der Waals surface area contributed by atoms with Crippen molar-refractivity contribution >= 4 is 0 Å². The number of hydrogen-bond acceptors (Lipinski definition) is 2. The molecule has 4 aliphatic carbocycles. The molecule has 0 aromatic heterocycles. The van der Waals surface area contributed by atoms with Gasteiger partial charge < -0.3 is 9.47 Å². The van der Waals surface area contributed by atoms with Gasteiger partial charge in [-0.25, -0.2) is 4.39 Å². The van der Waals surface area contributed by atoms with Crippen LogP contribution in [0.5, 0.6) is 5.75 Å². The minimum Gasteiger partial charge on any atom is -0.461 e. The molecule has 0 amide bonds. The van der Waals surface area contributed by atoms with Crippen molar-refractivity contribution in [2.45, 2.75) is 71.0 Å².